The van der Waals surface area contributed by atoms with Gasteiger partial charge in [-0.3, -0.25) is 4.79 Å². The van der Waals surface area contributed by atoms with Crippen molar-refractivity contribution in [2.24, 2.45) is 11.1 Å². The summed E-state index contributed by atoms with van der Waals surface area (Å²) < 4.78 is 0. The van der Waals surface area contributed by atoms with Gasteiger partial charge in [-0.05, 0) is 51.8 Å². The first kappa shape index (κ1) is 14.7. The molecular weight excluding hydrogens is 224 g/mol. The summed E-state index contributed by atoms with van der Waals surface area (Å²) in [4.78, 5) is 12.2. The molecule has 1 rings (SSSR count). The van der Waals surface area contributed by atoms with Gasteiger partial charge in [-0.2, -0.15) is 0 Å². The van der Waals surface area contributed by atoms with Gasteiger partial charge in [0.2, 0.25) is 5.91 Å². The number of anilines is 1. The first-order valence-electron chi connectivity index (χ1n) is 6.37. The first-order valence-corrected chi connectivity index (χ1v) is 6.37. The molecule has 1 aromatic carbocycles. The summed E-state index contributed by atoms with van der Waals surface area (Å²) in [6.45, 7) is 9.57. The molecule has 0 aromatic heterocycles. The Morgan fingerprint density at radius 3 is 2.06 bits per heavy atom. The summed E-state index contributed by atoms with van der Waals surface area (Å²) in [5.41, 5.74) is 6.93. The highest BCUT2D eigenvalue weighted by atomic mass is 16.2. The highest BCUT2D eigenvalue weighted by Gasteiger charge is 2.40. The number of nitrogens with two attached hydrogens (primary N) is 1. The van der Waals surface area contributed by atoms with Crippen LogP contribution < -0.4 is 11.1 Å². The molecule has 0 aliphatic rings. The van der Waals surface area contributed by atoms with Crippen molar-refractivity contribution in [3.63, 3.8) is 0 Å². The van der Waals surface area contributed by atoms with E-state index in [-0.39, 0.29) is 5.91 Å². The minimum atomic E-state index is -0.629. The summed E-state index contributed by atoms with van der Waals surface area (Å²) in [6, 6.07) is 7.90. The van der Waals surface area contributed by atoms with Gasteiger partial charge in [0, 0.05) is 11.2 Å². The van der Waals surface area contributed by atoms with Gasteiger partial charge in [-0.1, -0.05) is 19.1 Å². The maximum Gasteiger partial charge on any atom is 0.231 e. The Kier molecular flexibility index (Phi) is 4.17. The lowest BCUT2D eigenvalue weighted by Crippen LogP contribution is -2.53. The van der Waals surface area contributed by atoms with Crippen LogP contribution in [-0.4, -0.2) is 11.4 Å². The number of carbonyl (C=O) groups excluding carboxylic acids is 1. The van der Waals surface area contributed by atoms with Crippen molar-refractivity contribution < 1.29 is 4.79 Å². The molecule has 0 radical (unpaired) electrons. The lowest BCUT2D eigenvalue weighted by atomic mass is 9.74. The average molecular weight is 248 g/mol. The van der Waals surface area contributed by atoms with Crippen LogP contribution in [0.2, 0.25) is 0 Å². The van der Waals surface area contributed by atoms with Gasteiger partial charge in [0.05, 0.1) is 5.41 Å². The van der Waals surface area contributed by atoms with Crippen LogP contribution in [0.1, 0.15) is 40.2 Å². The fraction of sp³-hybridized carbons (Fsp3) is 0.533. The number of aryl methyl sites for hydroxylation is 1. The second-order valence-electron chi connectivity index (χ2n) is 5.85. The van der Waals surface area contributed by atoms with Crippen molar-refractivity contribution in [1.82, 2.24) is 0 Å². The predicted molar refractivity (Wildman–Crippen MR) is 76.5 cm³/mol. The van der Waals surface area contributed by atoms with Crippen molar-refractivity contribution in [2.75, 3.05) is 5.32 Å². The Bertz CT molecular complexity index is 413. The molecule has 3 nitrogen and oxygen atoms in total. The molecule has 3 heteroatoms. The van der Waals surface area contributed by atoms with Crippen LogP contribution in [0.4, 0.5) is 5.69 Å². The molecule has 3 N–H and O–H groups in total. The molecule has 0 fully saturated rings. The molecule has 0 heterocycles. The van der Waals surface area contributed by atoms with E-state index >= 15 is 0 Å². The van der Waals surface area contributed by atoms with Crippen LogP contribution in [0, 0.1) is 5.41 Å². The molecule has 0 saturated carbocycles. The van der Waals surface area contributed by atoms with E-state index in [1.54, 1.807) is 0 Å². The molecule has 0 bridgehead atoms. The van der Waals surface area contributed by atoms with Crippen LogP contribution in [0.25, 0.3) is 0 Å². The van der Waals surface area contributed by atoms with Crippen LogP contribution in [-0.2, 0) is 11.2 Å². The molecule has 0 atom stereocenters. The van der Waals surface area contributed by atoms with Crippen molar-refractivity contribution in [1.29, 1.82) is 0 Å². The van der Waals surface area contributed by atoms with Crippen LogP contribution >= 0.6 is 0 Å². The average Bonchev–Trinajstić information content (AvgIpc) is 2.28. The van der Waals surface area contributed by atoms with E-state index < -0.39 is 11.0 Å². The topological polar surface area (TPSA) is 55.1 Å². The summed E-state index contributed by atoms with van der Waals surface area (Å²) >= 11 is 0. The minimum absolute atomic E-state index is 0.0563. The zero-order valence-electron chi connectivity index (χ0n) is 12.0. The van der Waals surface area contributed by atoms with Gasteiger partial charge in [0.1, 0.15) is 0 Å². The van der Waals surface area contributed by atoms with Crippen LogP contribution in [0.5, 0.6) is 0 Å². The second kappa shape index (κ2) is 5.11. The van der Waals surface area contributed by atoms with Gasteiger partial charge in [0.25, 0.3) is 0 Å². The number of benzene rings is 1. The summed E-state index contributed by atoms with van der Waals surface area (Å²) in [7, 11) is 0. The molecular formula is C15H24N2O. The molecule has 0 aliphatic heterocycles. The number of hydrogen-bond donors (Lipinski definition) is 2. The van der Waals surface area contributed by atoms with E-state index in [9.17, 15) is 4.79 Å². The van der Waals surface area contributed by atoms with Crippen molar-refractivity contribution in [3.8, 4) is 0 Å². The van der Waals surface area contributed by atoms with Gasteiger partial charge in [-0.25, -0.2) is 0 Å². The Labute approximate surface area is 110 Å². The van der Waals surface area contributed by atoms with Gasteiger partial charge in [-0.15, -0.1) is 0 Å². The maximum absolute atomic E-state index is 12.2. The number of hydrogen-bond acceptors (Lipinski definition) is 2. The molecule has 0 aliphatic carbocycles. The molecule has 1 aromatic rings. The summed E-state index contributed by atoms with van der Waals surface area (Å²) in [6.07, 6.45) is 0.996. The van der Waals surface area contributed by atoms with E-state index in [1.165, 1.54) is 5.56 Å². The summed E-state index contributed by atoms with van der Waals surface area (Å²) in [5.74, 6) is -0.0563. The van der Waals surface area contributed by atoms with Gasteiger partial charge in [0.15, 0.2) is 0 Å². The lowest BCUT2D eigenvalue weighted by Gasteiger charge is -2.36. The van der Waals surface area contributed by atoms with Crippen molar-refractivity contribution >= 4 is 11.6 Å². The standard InChI is InChI=1S/C15H24N2O/c1-6-11-7-9-12(10-8-11)17-13(18)14(2,3)15(4,5)16/h7-10H,6,16H2,1-5H3,(H,17,18). The minimum Gasteiger partial charge on any atom is -0.326 e. The molecule has 0 unspecified atom stereocenters. The van der Waals surface area contributed by atoms with Gasteiger partial charge >= 0.3 is 0 Å². The van der Waals surface area contributed by atoms with Crippen molar-refractivity contribution in [2.45, 2.75) is 46.6 Å². The van der Waals surface area contributed by atoms with Crippen LogP contribution in [0.3, 0.4) is 0 Å². The third-order valence-electron chi connectivity index (χ3n) is 3.80. The van der Waals surface area contributed by atoms with E-state index in [1.807, 2.05) is 52.0 Å². The Hall–Kier alpha value is -1.35. The lowest BCUT2D eigenvalue weighted by molar-refractivity contribution is -0.126. The van der Waals surface area contributed by atoms with Gasteiger partial charge < -0.3 is 11.1 Å². The van der Waals surface area contributed by atoms with E-state index in [0.29, 0.717) is 0 Å². The van der Waals surface area contributed by atoms with Crippen LogP contribution in [0.15, 0.2) is 24.3 Å². The Morgan fingerprint density at radius 2 is 1.67 bits per heavy atom. The smallest absolute Gasteiger partial charge is 0.231 e. The highest BCUT2D eigenvalue weighted by molar-refractivity contribution is 5.95. The number of nitrogens with one attached hydrogen (secondary N) is 1. The van der Waals surface area contributed by atoms with E-state index in [2.05, 4.69) is 12.2 Å². The fourth-order valence-corrected chi connectivity index (χ4v) is 1.40. The fourth-order valence-electron chi connectivity index (χ4n) is 1.40. The predicted octanol–water partition coefficient (Wildman–Crippen LogP) is 2.95. The van der Waals surface area contributed by atoms with E-state index in [4.69, 9.17) is 5.73 Å². The zero-order chi connectivity index (χ0) is 14.0. The van der Waals surface area contributed by atoms with Crippen molar-refractivity contribution in [3.05, 3.63) is 29.8 Å². The number of amides is 1. The third kappa shape index (κ3) is 3.10. The van der Waals surface area contributed by atoms with E-state index in [0.717, 1.165) is 12.1 Å². The largest absolute Gasteiger partial charge is 0.326 e. The quantitative estimate of drug-likeness (QED) is 0.860. The molecule has 18 heavy (non-hydrogen) atoms. The number of rotatable bonds is 4. The SMILES string of the molecule is CCc1ccc(NC(=O)C(C)(C)C(C)(C)N)cc1. The maximum atomic E-state index is 12.2. The first-order chi connectivity index (χ1) is 8.18. The molecule has 1 amide bonds. The molecule has 0 saturated heterocycles. The zero-order valence-corrected chi connectivity index (χ0v) is 12.0. The summed E-state index contributed by atoms with van der Waals surface area (Å²) in [5, 5.41) is 2.92. The second-order valence-corrected chi connectivity index (χ2v) is 5.85. The molecule has 100 valence electrons. The highest BCUT2D eigenvalue weighted by Crippen LogP contribution is 2.29. The third-order valence-corrected chi connectivity index (χ3v) is 3.80. The number of carbonyl (C=O) groups is 1. The monoisotopic (exact) mass is 248 g/mol. The normalized spacial score (nSPS) is 12.3. The Morgan fingerprint density at radius 1 is 1.17 bits per heavy atom. The Balaban J connectivity index is 2.81. The molecule has 0 spiro atoms.